The summed E-state index contributed by atoms with van der Waals surface area (Å²) in [6.07, 6.45) is 5.18. The summed E-state index contributed by atoms with van der Waals surface area (Å²) in [5.41, 5.74) is 8.13. The monoisotopic (exact) mass is 352 g/mol. The van der Waals surface area contributed by atoms with Gasteiger partial charge in [-0.25, -0.2) is 0 Å². The van der Waals surface area contributed by atoms with Crippen molar-refractivity contribution in [1.29, 1.82) is 0 Å². The molecule has 0 aliphatic rings. The Bertz CT molecular complexity index is 680. The van der Waals surface area contributed by atoms with Gasteiger partial charge in [0.2, 0.25) is 0 Å². The summed E-state index contributed by atoms with van der Waals surface area (Å²) in [6, 6.07) is 4.48. The van der Waals surface area contributed by atoms with Crippen LogP contribution in [0.2, 0.25) is 0 Å². The van der Waals surface area contributed by atoms with Crippen molar-refractivity contribution in [2.45, 2.75) is 47.0 Å². The van der Waals surface area contributed by atoms with Gasteiger partial charge in [0, 0.05) is 11.3 Å². The van der Waals surface area contributed by atoms with E-state index < -0.39 is 0 Å². The fraction of sp³-hybridized carbons (Fsp3) is 0.458. The maximum atomic E-state index is 4.61. The standard InChI is InChI=1S/C24H36N2/c1-9-13-25-21(7)24-17-23(20(6)16-22(24)18(3)4)19(5)12-11-15-26(8)14-10-2/h9,16-17H,1,3,5,10-15H2,2,4,6-8H3/b25-21-. The number of allylic oxidation sites excluding steroid dienone is 2. The van der Waals surface area contributed by atoms with E-state index >= 15 is 0 Å². The molecule has 0 bridgehead atoms. The van der Waals surface area contributed by atoms with Crippen molar-refractivity contribution >= 4 is 16.9 Å². The lowest BCUT2D eigenvalue weighted by molar-refractivity contribution is 0.332. The lowest BCUT2D eigenvalue weighted by Crippen LogP contribution is -2.20. The van der Waals surface area contributed by atoms with Crippen molar-refractivity contribution in [1.82, 2.24) is 4.90 Å². The molecule has 0 saturated carbocycles. The van der Waals surface area contributed by atoms with E-state index in [2.05, 4.69) is 76.5 Å². The molecule has 2 nitrogen and oxygen atoms in total. The van der Waals surface area contributed by atoms with E-state index in [4.69, 9.17) is 0 Å². The van der Waals surface area contributed by atoms with Crippen LogP contribution < -0.4 is 0 Å². The normalized spacial score (nSPS) is 11.7. The predicted molar refractivity (Wildman–Crippen MR) is 119 cm³/mol. The van der Waals surface area contributed by atoms with Crippen LogP contribution in [0.3, 0.4) is 0 Å². The number of rotatable bonds is 11. The molecule has 1 aromatic carbocycles. The zero-order valence-corrected chi connectivity index (χ0v) is 17.5. The Morgan fingerprint density at radius 3 is 2.38 bits per heavy atom. The van der Waals surface area contributed by atoms with Crippen LogP contribution in [-0.4, -0.2) is 37.3 Å². The van der Waals surface area contributed by atoms with Crippen LogP contribution in [0.4, 0.5) is 0 Å². The molecule has 0 spiro atoms. The third-order valence-corrected chi connectivity index (χ3v) is 4.68. The summed E-state index contributed by atoms with van der Waals surface area (Å²) in [4.78, 5) is 7.00. The highest BCUT2D eigenvalue weighted by molar-refractivity contribution is 6.03. The maximum Gasteiger partial charge on any atom is 0.0571 e. The van der Waals surface area contributed by atoms with Gasteiger partial charge < -0.3 is 4.90 Å². The average Bonchev–Trinajstić information content (AvgIpc) is 2.59. The number of aryl methyl sites for hydroxylation is 1. The summed E-state index contributed by atoms with van der Waals surface area (Å²) in [7, 11) is 2.19. The van der Waals surface area contributed by atoms with E-state index in [1.165, 1.54) is 28.7 Å². The number of hydrogen-bond donors (Lipinski definition) is 0. The Balaban J connectivity index is 3.06. The van der Waals surface area contributed by atoms with Crippen molar-refractivity contribution in [3.05, 3.63) is 60.2 Å². The second-order valence-electron chi connectivity index (χ2n) is 7.22. The largest absolute Gasteiger partial charge is 0.306 e. The molecule has 2 heteroatoms. The first-order chi connectivity index (χ1) is 12.3. The van der Waals surface area contributed by atoms with Crippen molar-refractivity contribution in [3.8, 4) is 0 Å². The van der Waals surface area contributed by atoms with Crippen molar-refractivity contribution in [2.24, 2.45) is 4.99 Å². The van der Waals surface area contributed by atoms with Crippen molar-refractivity contribution in [3.63, 3.8) is 0 Å². The number of aliphatic imine (C=N–C) groups is 1. The second kappa shape index (κ2) is 10.9. The van der Waals surface area contributed by atoms with Crippen LogP contribution in [0.1, 0.15) is 62.3 Å². The van der Waals surface area contributed by atoms with E-state index in [0.29, 0.717) is 6.54 Å². The lowest BCUT2D eigenvalue weighted by Gasteiger charge is -2.18. The van der Waals surface area contributed by atoms with Crippen LogP contribution >= 0.6 is 0 Å². The highest BCUT2D eigenvalue weighted by Crippen LogP contribution is 2.28. The summed E-state index contributed by atoms with van der Waals surface area (Å²) < 4.78 is 0. The molecule has 0 heterocycles. The Hall–Kier alpha value is -1.93. The molecule has 0 saturated heterocycles. The Morgan fingerprint density at radius 1 is 1.12 bits per heavy atom. The number of hydrogen-bond acceptors (Lipinski definition) is 2. The Labute approximate surface area is 161 Å². The van der Waals surface area contributed by atoms with Crippen molar-refractivity contribution < 1.29 is 0 Å². The van der Waals surface area contributed by atoms with Gasteiger partial charge in [-0.2, -0.15) is 0 Å². The van der Waals surface area contributed by atoms with Crippen LogP contribution in [0.15, 0.2) is 42.9 Å². The average molecular weight is 353 g/mol. The molecule has 0 aliphatic carbocycles. The van der Waals surface area contributed by atoms with Crippen molar-refractivity contribution in [2.75, 3.05) is 26.7 Å². The minimum Gasteiger partial charge on any atom is -0.306 e. The third kappa shape index (κ3) is 6.42. The summed E-state index contributed by atoms with van der Waals surface area (Å²) >= 11 is 0. The lowest BCUT2D eigenvalue weighted by atomic mass is 9.89. The minimum atomic E-state index is 0.634. The first-order valence-corrected chi connectivity index (χ1v) is 9.61. The first-order valence-electron chi connectivity index (χ1n) is 9.61. The van der Waals surface area contributed by atoms with Gasteiger partial charge in [0.15, 0.2) is 0 Å². The van der Waals surface area contributed by atoms with E-state index in [1.54, 1.807) is 0 Å². The van der Waals surface area contributed by atoms with Gasteiger partial charge in [0.25, 0.3) is 0 Å². The highest BCUT2D eigenvalue weighted by atomic mass is 15.1. The molecule has 0 unspecified atom stereocenters. The van der Waals surface area contributed by atoms with E-state index in [9.17, 15) is 0 Å². The highest BCUT2D eigenvalue weighted by Gasteiger charge is 2.12. The molecule has 0 aliphatic heterocycles. The molecule has 0 fully saturated rings. The summed E-state index contributed by atoms with van der Waals surface area (Å²) in [5.74, 6) is 0. The van der Waals surface area contributed by atoms with Gasteiger partial charge >= 0.3 is 0 Å². The predicted octanol–water partition coefficient (Wildman–Crippen LogP) is 6.16. The number of nitrogens with zero attached hydrogens (tertiary/aromatic N) is 2. The minimum absolute atomic E-state index is 0.634. The molecular weight excluding hydrogens is 316 g/mol. The number of benzene rings is 1. The fourth-order valence-corrected chi connectivity index (χ4v) is 3.22. The Morgan fingerprint density at radius 2 is 1.81 bits per heavy atom. The summed E-state index contributed by atoms with van der Waals surface area (Å²) in [5, 5.41) is 0. The molecule has 1 rings (SSSR count). The molecule has 26 heavy (non-hydrogen) atoms. The van der Waals surface area contributed by atoms with Gasteiger partial charge in [-0.3, -0.25) is 4.99 Å². The SMILES string of the molecule is C=CC/N=C(/C)c1cc(C(=C)CCCN(C)CCC)c(C)cc1C(=C)C. The van der Waals surface area contributed by atoms with E-state index in [1.807, 2.05) is 6.08 Å². The second-order valence-corrected chi connectivity index (χ2v) is 7.22. The third-order valence-electron chi connectivity index (χ3n) is 4.68. The quantitative estimate of drug-likeness (QED) is 0.344. The fourth-order valence-electron chi connectivity index (χ4n) is 3.22. The van der Waals surface area contributed by atoms with Gasteiger partial charge in [-0.15, -0.1) is 6.58 Å². The van der Waals surface area contributed by atoms with E-state index in [0.717, 1.165) is 42.8 Å². The Kier molecular flexibility index (Phi) is 9.29. The zero-order chi connectivity index (χ0) is 19.7. The van der Waals surface area contributed by atoms with Gasteiger partial charge in [0.1, 0.15) is 0 Å². The van der Waals surface area contributed by atoms with Crippen LogP contribution in [0.25, 0.3) is 11.1 Å². The molecule has 1 aromatic rings. The smallest absolute Gasteiger partial charge is 0.0571 e. The molecule has 0 amide bonds. The molecule has 0 N–H and O–H groups in total. The molecule has 0 radical (unpaired) electrons. The molecular formula is C24H36N2. The van der Waals surface area contributed by atoms with Gasteiger partial charge in [0.05, 0.1) is 6.54 Å². The van der Waals surface area contributed by atoms with Crippen LogP contribution in [0.5, 0.6) is 0 Å². The molecule has 142 valence electrons. The summed E-state index contributed by atoms with van der Waals surface area (Å²) in [6.45, 7) is 23.7. The van der Waals surface area contributed by atoms with Crippen LogP contribution in [0, 0.1) is 6.92 Å². The topological polar surface area (TPSA) is 15.6 Å². The van der Waals surface area contributed by atoms with Gasteiger partial charge in [-0.1, -0.05) is 37.8 Å². The molecule has 0 atom stereocenters. The van der Waals surface area contributed by atoms with Gasteiger partial charge in [-0.05, 0) is 88.5 Å². The zero-order valence-electron chi connectivity index (χ0n) is 17.5. The first kappa shape index (κ1) is 22.1. The van der Waals surface area contributed by atoms with E-state index in [-0.39, 0.29) is 0 Å². The molecule has 0 aromatic heterocycles. The van der Waals surface area contributed by atoms with Crippen LogP contribution in [-0.2, 0) is 0 Å². The maximum absolute atomic E-state index is 4.61.